The predicted octanol–water partition coefficient (Wildman–Crippen LogP) is 5.01. The van der Waals surface area contributed by atoms with Crippen LogP contribution >= 0.6 is 11.3 Å². The summed E-state index contributed by atoms with van der Waals surface area (Å²) in [6, 6.07) is 11.8. The fraction of sp³-hybridized carbons (Fsp3) is 0.400. The van der Waals surface area contributed by atoms with Gasteiger partial charge in [0.2, 0.25) is 5.91 Å². The highest BCUT2D eigenvalue weighted by Gasteiger charge is 2.50. The van der Waals surface area contributed by atoms with Gasteiger partial charge in [-0.1, -0.05) is 43.9 Å². The zero-order valence-electron chi connectivity index (χ0n) is 18.6. The Balaban J connectivity index is 1.56. The van der Waals surface area contributed by atoms with Crippen LogP contribution < -0.4 is 10.2 Å². The number of rotatable bonds is 4. The zero-order valence-corrected chi connectivity index (χ0v) is 19.4. The third-order valence-electron chi connectivity index (χ3n) is 6.70. The number of aromatic nitrogens is 2. The van der Waals surface area contributed by atoms with Crippen LogP contribution in [0.15, 0.2) is 47.8 Å². The van der Waals surface area contributed by atoms with Crippen molar-refractivity contribution in [1.29, 1.82) is 0 Å². The Morgan fingerprint density at radius 2 is 1.91 bits per heavy atom. The molecule has 0 saturated heterocycles. The quantitative estimate of drug-likeness (QED) is 0.550. The van der Waals surface area contributed by atoms with E-state index in [1.807, 2.05) is 17.5 Å². The van der Waals surface area contributed by atoms with Crippen LogP contribution in [0.4, 0.5) is 10.1 Å². The number of thiophene rings is 1. The van der Waals surface area contributed by atoms with Crippen molar-refractivity contribution in [2.75, 3.05) is 4.90 Å². The molecule has 1 aliphatic carbocycles. The molecule has 0 unspecified atom stereocenters. The minimum absolute atomic E-state index is 0.0649. The van der Waals surface area contributed by atoms with Crippen molar-refractivity contribution in [2.45, 2.75) is 63.6 Å². The summed E-state index contributed by atoms with van der Waals surface area (Å²) in [7, 11) is 0. The summed E-state index contributed by atoms with van der Waals surface area (Å²) < 4.78 is 16.5. The molecule has 33 heavy (non-hydrogen) atoms. The van der Waals surface area contributed by atoms with Crippen LogP contribution in [0.2, 0.25) is 0 Å². The van der Waals surface area contributed by atoms with Crippen LogP contribution in [0.5, 0.6) is 0 Å². The number of para-hydroxylation sites is 1. The molecule has 8 heteroatoms. The average Bonchev–Trinajstić information content (AvgIpc) is 3.40. The molecule has 1 fully saturated rings. The van der Waals surface area contributed by atoms with Gasteiger partial charge in [0.1, 0.15) is 22.7 Å². The van der Waals surface area contributed by atoms with E-state index in [-0.39, 0.29) is 24.2 Å². The minimum Gasteiger partial charge on any atom is -0.351 e. The lowest BCUT2D eigenvalue weighted by Gasteiger charge is -2.43. The van der Waals surface area contributed by atoms with Crippen molar-refractivity contribution >= 4 is 28.8 Å². The normalized spacial score (nSPS) is 21.5. The smallest absolute Gasteiger partial charge is 0.277 e. The second-order valence-electron chi connectivity index (χ2n) is 9.08. The molecule has 1 saturated carbocycles. The molecule has 0 spiro atoms. The number of amides is 2. The molecule has 1 aliphatic heterocycles. The topological polar surface area (TPSA) is 67.2 Å². The Bertz CT molecular complexity index is 1170. The fourth-order valence-electron chi connectivity index (χ4n) is 4.90. The number of hydrogen-bond acceptors (Lipinski definition) is 4. The molecule has 0 radical (unpaired) electrons. The zero-order chi connectivity index (χ0) is 23.0. The first-order chi connectivity index (χ1) is 16.0. The number of nitrogens with zero attached hydrogens (tertiary/aromatic N) is 3. The van der Waals surface area contributed by atoms with Crippen molar-refractivity contribution in [1.82, 2.24) is 15.1 Å². The van der Waals surface area contributed by atoms with Gasteiger partial charge in [0.15, 0.2) is 0 Å². The van der Waals surface area contributed by atoms with Crippen LogP contribution in [0.25, 0.3) is 10.6 Å². The number of benzene rings is 1. The highest BCUT2D eigenvalue weighted by molar-refractivity contribution is 7.13. The summed E-state index contributed by atoms with van der Waals surface area (Å²) >= 11 is 1.53. The Morgan fingerprint density at radius 3 is 2.61 bits per heavy atom. The minimum atomic E-state index is -1.32. The van der Waals surface area contributed by atoms with E-state index < -0.39 is 17.3 Å². The van der Waals surface area contributed by atoms with Crippen molar-refractivity contribution in [3.63, 3.8) is 0 Å². The predicted molar refractivity (Wildman–Crippen MR) is 127 cm³/mol. The van der Waals surface area contributed by atoms with E-state index in [2.05, 4.69) is 10.4 Å². The summed E-state index contributed by atoms with van der Waals surface area (Å²) in [5, 5.41) is 9.77. The number of hydrogen-bond donors (Lipinski definition) is 1. The highest BCUT2D eigenvalue weighted by Crippen LogP contribution is 2.36. The molecule has 2 aliphatic rings. The van der Waals surface area contributed by atoms with E-state index in [9.17, 15) is 14.0 Å². The first kappa shape index (κ1) is 21.8. The second kappa shape index (κ2) is 8.74. The summed E-state index contributed by atoms with van der Waals surface area (Å²) in [6.45, 7) is 1.85. The molecule has 6 nitrogen and oxygen atoms in total. The van der Waals surface area contributed by atoms with Crippen LogP contribution in [0.1, 0.15) is 55.9 Å². The van der Waals surface area contributed by atoms with Gasteiger partial charge in [-0.2, -0.15) is 5.10 Å². The van der Waals surface area contributed by atoms with Crippen molar-refractivity contribution in [3.05, 3.63) is 59.4 Å². The standard InChI is InChI=1S/C25H27FN4O2S/c1-25(24(32)27-17-9-4-2-3-5-10-17)16-29-21(15-19(28-29)22-13-8-14-33-22)23(31)30(25)20-12-7-6-11-18(20)26/h6-8,11-15,17H,2-5,9-10,16H2,1H3,(H,27,32)/t25-/m0/s1. The molecule has 1 aromatic carbocycles. The number of fused-ring (bicyclic) bond motifs is 1. The number of anilines is 1. The summed E-state index contributed by atoms with van der Waals surface area (Å²) in [5.41, 5.74) is -0.195. The maximum atomic E-state index is 14.9. The molecule has 172 valence electrons. The molecular formula is C25H27FN4O2S. The number of halogens is 1. The Morgan fingerprint density at radius 1 is 1.15 bits per heavy atom. The third-order valence-corrected chi connectivity index (χ3v) is 7.59. The van der Waals surface area contributed by atoms with E-state index in [0.717, 1.165) is 30.6 Å². The Kier molecular flexibility index (Phi) is 5.78. The van der Waals surface area contributed by atoms with E-state index in [0.29, 0.717) is 11.4 Å². The number of carbonyl (C=O) groups excluding carboxylic acids is 2. The first-order valence-electron chi connectivity index (χ1n) is 11.5. The van der Waals surface area contributed by atoms with Gasteiger partial charge in [0, 0.05) is 6.04 Å². The molecule has 5 rings (SSSR count). The van der Waals surface area contributed by atoms with Gasteiger partial charge in [-0.25, -0.2) is 4.39 Å². The summed E-state index contributed by atoms with van der Waals surface area (Å²) in [5.74, 6) is -1.24. The first-order valence-corrected chi connectivity index (χ1v) is 12.4. The van der Waals surface area contributed by atoms with E-state index in [1.54, 1.807) is 35.9 Å². The molecule has 3 heterocycles. The van der Waals surface area contributed by atoms with Crippen LogP contribution in [-0.2, 0) is 11.3 Å². The van der Waals surface area contributed by atoms with Gasteiger partial charge in [0.25, 0.3) is 5.91 Å². The molecule has 1 atom stereocenters. The third kappa shape index (κ3) is 3.97. The Hall–Kier alpha value is -3.00. The number of carbonyl (C=O) groups is 2. The molecule has 3 aromatic rings. The fourth-order valence-corrected chi connectivity index (χ4v) is 5.58. The molecular weight excluding hydrogens is 439 g/mol. The molecule has 0 bridgehead atoms. The van der Waals surface area contributed by atoms with Gasteiger partial charge in [0.05, 0.1) is 17.1 Å². The van der Waals surface area contributed by atoms with E-state index in [1.165, 1.54) is 35.1 Å². The molecule has 2 amide bonds. The number of nitrogens with one attached hydrogen (secondary N) is 1. The SMILES string of the molecule is C[C@@]1(C(=O)NC2CCCCCC2)Cn2nc(-c3cccs3)cc2C(=O)N1c1ccccc1F. The monoisotopic (exact) mass is 466 g/mol. The second-order valence-corrected chi connectivity index (χ2v) is 10.0. The lowest BCUT2D eigenvalue weighted by atomic mass is 9.93. The molecule has 1 N–H and O–H groups in total. The lowest BCUT2D eigenvalue weighted by Crippen LogP contribution is -2.65. The van der Waals surface area contributed by atoms with Crippen molar-refractivity contribution in [2.24, 2.45) is 0 Å². The highest BCUT2D eigenvalue weighted by atomic mass is 32.1. The van der Waals surface area contributed by atoms with E-state index in [4.69, 9.17) is 0 Å². The maximum Gasteiger partial charge on any atom is 0.277 e. The van der Waals surface area contributed by atoms with Gasteiger partial charge in [-0.05, 0) is 49.4 Å². The van der Waals surface area contributed by atoms with Crippen LogP contribution in [-0.4, -0.2) is 33.2 Å². The summed E-state index contributed by atoms with van der Waals surface area (Å²) in [6.07, 6.45) is 6.34. The van der Waals surface area contributed by atoms with E-state index >= 15 is 0 Å². The molecule has 2 aromatic heterocycles. The van der Waals surface area contributed by atoms with Gasteiger partial charge in [-0.15, -0.1) is 11.3 Å². The van der Waals surface area contributed by atoms with Crippen molar-refractivity contribution in [3.8, 4) is 10.6 Å². The maximum absolute atomic E-state index is 14.9. The average molecular weight is 467 g/mol. The van der Waals surface area contributed by atoms with Crippen LogP contribution in [0.3, 0.4) is 0 Å². The summed E-state index contributed by atoms with van der Waals surface area (Å²) in [4.78, 5) is 29.7. The van der Waals surface area contributed by atoms with Crippen molar-refractivity contribution < 1.29 is 14.0 Å². The van der Waals surface area contributed by atoms with Gasteiger partial charge < -0.3 is 5.32 Å². The lowest BCUT2D eigenvalue weighted by molar-refractivity contribution is -0.127. The largest absolute Gasteiger partial charge is 0.351 e. The van der Waals surface area contributed by atoms with Crippen LogP contribution in [0, 0.1) is 5.82 Å². The van der Waals surface area contributed by atoms with Gasteiger partial charge in [-0.3, -0.25) is 19.2 Å². The van der Waals surface area contributed by atoms with Gasteiger partial charge >= 0.3 is 0 Å². The Labute approximate surface area is 196 Å².